The third-order valence-corrected chi connectivity index (χ3v) is 3.83. The summed E-state index contributed by atoms with van der Waals surface area (Å²) < 4.78 is 5.56. The zero-order valence-electron chi connectivity index (χ0n) is 13.7. The van der Waals surface area contributed by atoms with Gasteiger partial charge in [0.15, 0.2) is 5.82 Å². The molecule has 0 spiro atoms. The molecule has 2 bridgehead atoms. The number of hydrogen-bond acceptors (Lipinski definition) is 5. The summed E-state index contributed by atoms with van der Waals surface area (Å²) in [5.74, 6) is 0.918. The molecule has 2 heterocycles. The number of carbonyl (C=O) groups excluding carboxylic acids is 1. The van der Waals surface area contributed by atoms with E-state index in [4.69, 9.17) is 4.74 Å². The summed E-state index contributed by atoms with van der Waals surface area (Å²) in [7, 11) is 0. The Hall–Kier alpha value is -3.67. The van der Waals surface area contributed by atoms with Gasteiger partial charge in [0.1, 0.15) is 12.1 Å². The van der Waals surface area contributed by atoms with Crippen molar-refractivity contribution in [1.82, 2.24) is 9.97 Å². The average Bonchev–Trinajstić information content (AvgIpc) is 2.67. The number of hydrogen-bond donors (Lipinski definition) is 0. The Labute approximate surface area is 148 Å². The Morgan fingerprint density at radius 2 is 1.96 bits per heavy atom. The minimum Gasteiger partial charge on any atom is -0.465 e. The predicted molar refractivity (Wildman–Crippen MR) is 98.8 cm³/mol. The van der Waals surface area contributed by atoms with Gasteiger partial charge in [0.05, 0.1) is 17.1 Å². The van der Waals surface area contributed by atoms with Gasteiger partial charge in [-0.2, -0.15) is 0 Å². The van der Waals surface area contributed by atoms with E-state index < -0.39 is 0 Å². The third-order valence-electron chi connectivity index (χ3n) is 3.83. The summed E-state index contributed by atoms with van der Waals surface area (Å²) in [4.78, 5) is 29.0. The summed E-state index contributed by atoms with van der Waals surface area (Å²) >= 11 is 0. The molecule has 1 aliphatic rings. The molecule has 0 atom stereocenters. The molecule has 6 heteroatoms. The number of ether oxygens (including phenoxy) is 1. The van der Waals surface area contributed by atoms with Crippen LogP contribution < -0.4 is 15.3 Å². The number of carbonyl (C=O) groups is 1. The van der Waals surface area contributed by atoms with Crippen LogP contribution >= 0.6 is 0 Å². The fraction of sp³-hybridized carbons (Fsp3) is 0.0500. The highest BCUT2D eigenvalue weighted by Gasteiger charge is 2.05. The van der Waals surface area contributed by atoms with Crippen LogP contribution in [-0.4, -0.2) is 22.1 Å². The average molecular weight is 342 g/mol. The lowest BCUT2D eigenvalue weighted by molar-refractivity contribution is -0.116. The Balaban J connectivity index is 1.99. The van der Waals surface area contributed by atoms with E-state index in [1.807, 2.05) is 48.5 Å². The first-order chi connectivity index (χ1) is 12.8. The smallest absolute Gasteiger partial charge is 0.249 e. The molecule has 3 aromatic rings. The molecule has 26 heavy (non-hydrogen) atoms. The van der Waals surface area contributed by atoms with Crippen molar-refractivity contribution < 1.29 is 9.53 Å². The standard InChI is InChI=1S/C20H14N4O2/c25-19-9-6-14-4-1-2-5-17(14)24-20-16-12-15(26-11-3-10-21-19)7-8-18(16)22-13-23-20/h1-8,10-13H,9H2/b11-3+,14-6-,21-10?,24-17?. The van der Waals surface area contributed by atoms with Crippen LogP contribution in [0.15, 0.2) is 71.1 Å². The Kier molecular flexibility index (Phi) is 4.30. The zero-order valence-corrected chi connectivity index (χ0v) is 13.7. The van der Waals surface area contributed by atoms with Gasteiger partial charge in [-0.3, -0.25) is 4.79 Å². The molecule has 1 aliphatic heterocycles. The van der Waals surface area contributed by atoms with Crippen LogP contribution in [0.5, 0.6) is 5.75 Å². The molecule has 0 unspecified atom stereocenters. The summed E-state index contributed by atoms with van der Waals surface area (Å²) in [5.41, 5.74) is 0.776. The predicted octanol–water partition coefficient (Wildman–Crippen LogP) is 2.26. The normalized spacial score (nSPS) is 16.5. The summed E-state index contributed by atoms with van der Waals surface area (Å²) in [6.45, 7) is 0. The van der Waals surface area contributed by atoms with Crippen LogP contribution in [-0.2, 0) is 4.79 Å². The van der Waals surface area contributed by atoms with Crippen molar-refractivity contribution in [3.8, 4) is 5.75 Å². The van der Waals surface area contributed by atoms with E-state index in [0.717, 1.165) is 21.5 Å². The fourth-order valence-corrected chi connectivity index (χ4v) is 2.59. The van der Waals surface area contributed by atoms with Gasteiger partial charge < -0.3 is 4.74 Å². The van der Waals surface area contributed by atoms with Crippen molar-refractivity contribution in [2.45, 2.75) is 6.42 Å². The van der Waals surface area contributed by atoms with Crippen LogP contribution in [0, 0.1) is 0 Å². The van der Waals surface area contributed by atoms with Crippen molar-refractivity contribution in [1.29, 1.82) is 0 Å². The number of aromatic nitrogens is 2. The number of para-hydroxylation sites is 1. The van der Waals surface area contributed by atoms with E-state index in [0.29, 0.717) is 11.6 Å². The number of fused-ring (bicyclic) bond motifs is 2. The second kappa shape index (κ2) is 7.06. The van der Waals surface area contributed by atoms with Crippen LogP contribution in [0.3, 0.4) is 0 Å². The van der Waals surface area contributed by atoms with E-state index in [-0.39, 0.29) is 12.3 Å². The molecule has 6 nitrogen and oxygen atoms in total. The molecule has 0 N–H and O–H groups in total. The molecule has 1 amide bonds. The van der Waals surface area contributed by atoms with Gasteiger partial charge in [0.25, 0.3) is 0 Å². The highest BCUT2D eigenvalue weighted by molar-refractivity contribution is 5.91. The molecule has 126 valence electrons. The van der Waals surface area contributed by atoms with Gasteiger partial charge in [0.2, 0.25) is 5.91 Å². The number of nitrogens with zero attached hydrogens (tertiary/aromatic N) is 4. The second-order valence-electron chi connectivity index (χ2n) is 5.57. The van der Waals surface area contributed by atoms with E-state index in [1.165, 1.54) is 18.8 Å². The summed E-state index contributed by atoms with van der Waals surface area (Å²) in [6.07, 6.45) is 7.94. The Bertz CT molecular complexity index is 1170. The molecule has 0 radical (unpaired) electrons. The first kappa shape index (κ1) is 15.8. The van der Waals surface area contributed by atoms with Crippen LogP contribution in [0.4, 0.5) is 5.82 Å². The minimum absolute atomic E-state index is 0.185. The lowest BCUT2D eigenvalue weighted by Gasteiger charge is -2.04. The SMILES string of the molecule is O=C1C/C=c2/ccccc2=Nc2ncnc3ccc(cc23)O/C=C/C=N1. The lowest BCUT2D eigenvalue weighted by atomic mass is 10.2. The highest BCUT2D eigenvalue weighted by Crippen LogP contribution is 2.25. The van der Waals surface area contributed by atoms with Gasteiger partial charge in [-0.25, -0.2) is 20.0 Å². The topological polar surface area (TPSA) is 76.8 Å². The first-order valence-corrected chi connectivity index (χ1v) is 8.07. The molecular weight excluding hydrogens is 328 g/mol. The van der Waals surface area contributed by atoms with Gasteiger partial charge >= 0.3 is 0 Å². The molecular formula is C20H14N4O2. The quantitative estimate of drug-likeness (QED) is 0.628. The van der Waals surface area contributed by atoms with Gasteiger partial charge in [-0.1, -0.05) is 24.3 Å². The maximum atomic E-state index is 11.9. The monoisotopic (exact) mass is 342 g/mol. The molecule has 0 aliphatic carbocycles. The van der Waals surface area contributed by atoms with E-state index >= 15 is 0 Å². The molecule has 0 fully saturated rings. The van der Waals surface area contributed by atoms with Crippen molar-refractivity contribution in [3.05, 3.63) is 71.7 Å². The largest absolute Gasteiger partial charge is 0.465 e. The highest BCUT2D eigenvalue weighted by atomic mass is 16.5. The van der Waals surface area contributed by atoms with E-state index in [9.17, 15) is 4.79 Å². The van der Waals surface area contributed by atoms with Crippen molar-refractivity contribution in [2.24, 2.45) is 9.98 Å². The molecule has 2 aromatic carbocycles. The molecule has 4 rings (SSSR count). The van der Waals surface area contributed by atoms with Crippen molar-refractivity contribution in [2.75, 3.05) is 0 Å². The molecule has 0 saturated carbocycles. The van der Waals surface area contributed by atoms with Crippen LogP contribution in [0.2, 0.25) is 0 Å². The van der Waals surface area contributed by atoms with Gasteiger partial charge in [0, 0.05) is 18.0 Å². The number of benzene rings is 2. The molecule has 1 aromatic heterocycles. The second-order valence-corrected chi connectivity index (χ2v) is 5.57. The van der Waals surface area contributed by atoms with Crippen molar-refractivity contribution >= 4 is 34.9 Å². The Morgan fingerprint density at radius 3 is 2.92 bits per heavy atom. The maximum absolute atomic E-state index is 11.9. The zero-order chi connectivity index (χ0) is 17.8. The molecule has 0 saturated heterocycles. The fourth-order valence-electron chi connectivity index (χ4n) is 2.59. The number of rotatable bonds is 0. The minimum atomic E-state index is -0.246. The summed E-state index contributed by atoms with van der Waals surface area (Å²) in [5, 5.41) is 2.36. The van der Waals surface area contributed by atoms with Gasteiger partial charge in [-0.05, 0) is 35.6 Å². The third kappa shape index (κ3) is 3.39. The van der Waals surface area contributed by atoms with E-state index in [2.05, 4.69) is 20.0 Å². The van der Waals surface area contributed by atoms with E-state index in [1.54, 1.807) is 6.08 Å². The number of allylic oxidation sites excluding steroid dienone is 1. The lowest BCUT2D eigenvalue weighted by Crippen LogP contribution is -2.24. The van der Waals surface area contributed by atoms with Gasteiger partial charge in [-0.15, -0.1) is 0 Å². The number of aliphatic imine (C=N–C) groups is 1. The van der Waals surface area contributed by atoms with Crippen LogP contribution in [0.25, 0.3) is 17.0 Å². The van der Waals surface area contributed by atoms with Crippen molar-refractivity contribution in [3.63, 3.8) is 0 Å². The summed E-state index contributed by atoms with van der Waals surface area (Å²) in [6, 6.07) is 13.1. The Morgan fingerprint density at radius 1 is 1.04 bits per heavy atom. The first-order valence-electron chi connectivity index (χ1n) is 8.07. The maximum Gasteiger partial charge on any atom is 0.249 e. The van der Waals surface area contributed by atoms with Crippen LogP contribution in [0.1, 0.15) is 6.42 Å². The number of amides is 1.